The number of benzene rings is 1. The number of hydrogen-bond acceptors (Lipinski definition) is 1. The van der Waals surface area contributed by atoms with Crippen molar-refractivity contribution >= 4 is 32.8 Å². The Hall–Kier alpha value is -1.36. The summed E-state index contributed by atoms with van der Waals surface area (Å²) in [5, 5.41) is 9.49. The second-order valence-corrected chi connectivity index (χ2v) is 4.10. The van der Waals surface area contributed by atoms with Crippen LogP contribution in [0.1, 0.15) is 16.1 Å². The summed E-state index contributed by atoms with van der Waals surface area (Å²) >= 11 is 3.03. The van der Waals surface area contributed by atoms with Crippen molar-refractivity contribution in [3.63, 3.8) is 0 Å². The third kappa shape index (κ3) is 1.52. The van der Waals surface area contributed by atoms with E-state index in [0.717, 1.165) is 0 Å². The number of carboxylic acids is 1. The molecule has 15 heavy (non-hydrogen) atoms. The van der Waals surface area contributed by atoms with Crippen LogP contribution in [0.4, 0.5) is 4.39 Å². The van der Waals surface area contributed by atoms with Crippen molar-refractivity contribution in [3.8, 4) is 0 Å². The van der Waals surface area contributed by atoms with E-state index in [0.29, 0.717) is 16.6 Å². The fourth-order valence-electron chi connectivity index (χ4n) is 1.60. The number of halogens is 2. The third-order valence-corrected chi connectivity index (χ3v) is 2.85. The van der Waals surface area contributed by atoms with Crippen molar-refractivity contribution in [1.29, 1.82) is 0 Å². The van der Waals surface area contributed by atoms with Crippen LogP contribution in [-0.4, -0.2) is 16.1 Å². The first kappa shape index (κ1) is 10.2. The van der Waals surface area contributed by atoms with E-state index in [1.165, 1.54) is 12.1 Å². The van der Waals surface area contributed by atoms with Gasteiger partial charge < -0.3 is 10.1 Å². The summed E-state index contributed by atoms with van der Waals surface area (Å²) in [6, 6.07) is 2.75. The lowest BCUT2D eigenvalue weighted by Crippen LogP contribution is -1.97. The van der Waals surface area contributed by atoms with Gasteiger partial charge in [0.05, 0.1) is 10.0 Å². The number of fused-ring (bicyclic) bond motifs is 1. The first-order valence-corrected chi connectivity index (χ1v) is 5.00. The number of hydrogen-bond donors (Lipinski definition) is 2. The minimum absolute atomic E-state index is 0.186. The van der Waals surface area contributed by atoms with E-state index < -0.39 is 11.8 Å². The Labute approximate surface area is 93.0 Å². The van der Waals surface area contributed by atoms with Gasteiger partial charge >= 0.3 is 5.97 Å². The fourth-order valence-corrected chi connectivity index (χ4v) is 1.94. The van der Waals surface area contributed by atoms with Gasteiger partial charge in [-0.05, 0) is 35.0 Å². The molecule has 3 nitrogen and oxygen atoms in total. The number of aromatic nitrogens is 1. The number of aromatic carboxylic acids is 1. The highest BCUT2D eigenvalue weighted by Crippen LogP contribution is 2.27. The minimum Gasteiger partial charge on any atom is -0.478 e. The monoisotopic (exact) mass is 271 g/mol. The van der Waals surface area contributed by atoms with Gasteiger partial charge in [0, 0.05) is 16.6 Å². The van der Waals surface area contributed by atoms with Crippen LogP contribution in [0.3, 0.4) is 0 Å². The minimum atomic E-state index is -1.02. The first-order valence-electron chi connectivity index (χ1n) is 4.21. The lowest BCUT2D eigenvalue weighted by Gasteiger charge is -1.96. The van der Waals surface area contributed by atoms with Gasteiger partial charge in [-0.2, -0.15) is 0 Å². The molecule has 0 amide bonds. The van der Waals surface area contributed by atoms with Crippen LogP contribution in [0.15, 0.2) is 16.6 Å². The van der Waals surface area contributed by atoms with E-state index in [2.05, 4.69) is 20.9 Å². The predicted molar refractivity (Wildman–Crippen MR) is 57.7 cm³/mol. The molecular weight excluding hydrogens is 265 g/mol. The number of aryl methyl sites for hydroxylation is 1. The van der Waals surface area contributed by atoms with Gasteiger partial charge in [-0.1, -0.05) is 0 Å². The average molecular weight is 272 g/mol. The maximum Gasteiger partial charge on any atom is 0.338 e. The summed E-state index contributed by atoms with van der Waals surface area (Å²) in [6.45, 7) is 1.65. The molecule has 0 aliphatic heterocycles. The Morgan fingerprint density at radius 1 is 1.53 bits per heavy atom. The van der Waals surface area contributed by atoms with E-state index in [9.17, 15) is 9.18 Å². The fraction of sp³-hybridized carbons (Fsp3) is 0.100. The van der Waals surface area contributed by atoms with Crippen molar-refractivity contribution in [2.45, 2.75) is 6.92 Å². The Bertz CT molecular complexity index is 562. The quantitative estimate of drug-likeness (QED) is 0.838. The largest absolute Gasteiger partial charge is 0.478 e. The number of aromatic amines is 1. The van der Waals surface area contributed by atoms with Crippen LogP contribution in [0.2, 0.25) is 0 Å². The Balaban J connectivity index is 2.87. The smallest absolute Gasteiger partial charge is 0.338 e. The standard InChI is InChI=1S/C10H7BrFNO2/c1-4-9(10(14)15)5-2-6(11)7(12)3-8(5)13-4/h2-3,13H,1H3,(H,14,15). The molecule has 1 aromatic heterocycles. The highest BCUT2D eigenvalue weighted by molar-refractivity contribution is 9.10. The Kier molecular flexibility index (Phi) is 2.26. The molecule has 78 valence electrons. The summed E-state index contributed by atoms with van der Waals surface area (Å²) in [5.74, 6) is -1.43. The maximum absolute atomic E-state index is 13.2. The van der Waals surface area contributed by atoms with E-state index in [1.54, 1.807) is 6.92 Å². The molecule has 0 unspecified atom stereocenters. The molecular formula is C10H7BrFNO2. The Morgan fingerprint density at radius 2 is 2.20 bits per heavy atom. The van der Waals surface area contributed by atoms with Gasteiger partial charge in [0.2, 0.25) is 0 Å². The van der Waals surface area contributed by atoms with Crippen molar-refractivity contribution in [2.24, 2.45) is 0 Å². The zero-order valence-electron chi connectivity index (χ0n) is 7.77. The molecule has 2 aromatic rings. The number of H-pyrrole nitrogens is 1. The van der Waals surface area contributed by atoms with Gasteiger partial charge in [-0.3, -0.25) is 0 Å². The molecule has 0 radical (unpaired) electrons. The molecule has 2 rings (SSSR count). The van der Waals surface area contributed by atoms with Crippen molar-refractivity contribution in [3.05, 3.63) is 33.7 Å². The molecule has 0 bridgehead atoms. The number of nitrogens with one attached hydrogen (secondary N) is 1. The van der Waals surface area contributed by atoms with Gasteiger partial charge in [-0.15, -0.1) is 0 Å². The normalized spacial score (nSPS) is 10.9. The van der Waals surface area contributed by atoms with Crippen LogP contribution in [0.5, 0.6) is 0 Å². The number of rotatable bonds is 1. The van der Waals surface area contributed by atoms with Crippen molar-refractivity contribution < 1.29 is 14.3 Å². The summed E-state index contributed by atoms with van der Waals surface area (Å²) in [5.41, 5.74) is 1.20. The highest BCUT2D eigenvalue weighted by Gasteiger charge is 2.16. The second-order valence-electron chi connectivity index (χ2n) is 3.24. The van der Waals surface area contributed by atoms with Gasteiger partial charge in [0.1, 0.15) is 5.82 Å². The van der Waals surface area contributed by atoms with Crippen LogP contribution >= 0.6 is 15.9 Å². The third-order valence-electron chi connectivity index (χ3n) is 2.24. The van der Waals surface area contributed by atoms with E-state index in [-0.39, 0.29) is 10.0 Å². The maximum atomic E-state index is 13.2. The molecule has 5 heteroatoms. The molecule has 0 atom stereocenters. The van der Waals surface area contributed by atoms with Gasteiger partial charge in [0.25, 0.3) is 0 Å². The SMILES string of the molecule is Cc1[nH]c2cc(F)c(Br)cc2c1C(=O)O. The molecule has 0 saturated heterocycles. The van der Waals surface area contributed by atoms with Gasteiger partial charge in [0.15, 0.2) is 0 Å². The number of carboxylic acid groups (broad SMARTS) is 1. The molecule has 0 aliphatic carbocycles. The summed E-state index contributed by atoms with van der Waals surface area (Å²) in [6.07, 6.45) is 0. The molecule has 1 aromatic carbocycles. The summed E-state index contributed by atoms with van der Waals surface area (Å²) < 4.78 is 13.4. The zero-order chi connectivity index (χ0) is 11.2. The summed E-state index contributed by atoms with van der Waals surface area (Å²) in [7, 11) is 0. The molecule has 0 saturated carbocycles. The zero-order valence-corrected chi connectivity index (χ0v) is 9.35. The molecule has 0 fully saturated rings. The van der Waals surface area contributed by atoms with Crippen LogP contribution in [-0.2, 0) is 0 Å². The van der Waals surface area contributed by atoms with E-state index >= 15 is 0 Å². The molecule has 1 heterocycles. The number of carbonyl (C=O) groups is 1. The van der Waals surface area contributed by atoms with Crippen LogP contribution < -0.4 is 0 Å². The molecule has 2 N–H and O–H groups in total. The first-order chi connectivity index (χ1) is 7.00. The molecule has 0 aliphatic rings. The summed E-state index contributed by atoms with van der Waals surface area (Å²) in [4.78, 5) is 13.8. The highest BCUT2D eigenvalue weighted by atomic mass is 79.9. The van der Waals surface area contributed by atoms with Crippen molar-refractivity contribution in [2.75, 3.05) is 0 Å². The lowest BCUT2D eigenvalue weighted by atomic mass is 10.1. The topological polar surface area (TPSA) is 53.1 Å². The predicted octanol–water partition coefficient (Wildman–Crippen LogP) is 3.08. The van der Waals surface area contributed by atoms with E-state index in [1.807, 2.05) is 0 Å². The Morgan fingerprint density at radius 3 is 2.80 bits per heavy atom. The van der Waals surface area contributed by atoms with Crippen LogP contribution in [0, 0.1) is 12.7 Å². The lowest BCUT2D eigenvalue weighted by molar-refractivity contribution is 0.0698. The van der Waals surface area contributed by atoms with Gasteiger partial charge in [-0.25, -0.2) is 9.18 Å². The second kappa shape index (κ2) is 3.34. The average Bonchev–Trinajstić information content (AvgIpc) is 2.41. The van der Waals surface area contributed by atoms with Crippen LogP contribution in [0.25, 0.3) is 10.9 Å². The van der Waals surface area contributed by atoms with E-state index in [4.69, 9.17) is 5.11 Å². The van der Waals surface area contributed by atoms with Crippen molar-refractivity contribution in [1.82, 2.24) is 4.98 Å². The molecule has 0 spiro atoms.